The second-order valence-corrected chi connectivity index (χ2v) is 5.23. The molecule has 0 unspecified atom stereocenters. The van der Waals surface area contributed by atoms with Gasteiger partial charge in [0.1, 0.15) is 11.6 Å². The summed E-state index contributed by atoms with van der Waals surface area (Å²) in [5.41, 5.74) is 0.0118. The maximum absolute atomic E-state index is 13.5. The summed E-state index contributed by atoms with van der Waals surface area (Å²) in [6.45, 7) is 0.977. The molecule has 0 bridgehead atoms. The average molecular weight is 352 g/mol. The van der Waals surface area contributed by atoms with Crippen molar-refractivity contribution in [3.05, 3.63) is 59.4 Å². The largest absolute Gasteiger partial charge is 0.480 e. The first kappa shape index (κ1) is 17.7. The number of hydrogen-bond acceptors (Lipinski definition) is 4. The van der Waals surface area contributed by atoms with Crippen molar-refractivity contribution in [3.8, 4) is 5.75 Å². The molecule has 0 radical (unpaired) electrons. The number of halogens is 2. The number of hydrogen-bond donors (Lipinski definition) is 1. The van der Waals surface area contributed by atoms with Crippen LogP contribution in [-0.4, -0.2) is 24.6 Å². The van der Waals surface area contributed by atoms with E-state index in [9.17, 15) is 14.0 Å². The van der Waals surface area contributed by atoms with Crippen molar-refractivity contribution in [1.29, 1.82) is 0 Å². The number of amides is 1. The van der Waals surface area contributed by atoms with Gasteiger partial charge >= 0.3 is 5.97 Å². The van der Waals surface area contributed by atoms with Crippen LogP contribution in [0.5, 0.6) is 5.75 Å². The van der Waals surface area contributed by atoms with Gasteiger partial charge in [-0.25, -0.2) is 9.18 Å². The minimum Gasteiger partial charge on any atom is -0.480 e. The monoisotopic (exact) mass is 351 g/mol. The van der Waals surface area contributed by atoms with E-state index in [1.165, 1.54) is 25.1 Å². The molecule has 2 aromatic rings. The fourth-order valence-electron chi connectivity index (χ4n) is 1.78. The number of benzene rings is 2. The first-order valence-electron chi connectivity index (χ1n) is 7.09. The van der Waals surface area contributed by atoms with E-state index in [2.05, 4.69) is 5.32 Å². The molecule has 0 saturated carbocycles. The van der Waals surface area contributed by atoms with Crippen LogP contribution in [0.25, 0.3) is 0 Å². The third-order valence-electron chi connectivity index (χ3n) is 2.99. The number of para-hydroxylation sites is 2. The predicted octanol–water partition coefficient (Wildman–Crippen LogP) is 3.43. The van der Waals surface area contributed by atoms with Crippen molar-refractivity contribution in [3.63, 3.8) is 0 Å². The summed E-state index contributed by atoms with van der Waals surface area (Å²) in [5.74, 6) is -1.64. The van der Waals surface area contributed by atoms with E-state index in [0.29, 0.717) is 10.8 Å². The Labute approximate surface area is 143 Å². The molecule has 0 saturated heterocycles. The first-order chi connectivity index (χ1) is 11.5. The third kappa shape index (κ3) is 4.96. The van der Waals surface area contributed by atoms with Gasteiger partial charge in [-0.15, -0.1) is 0 Å². The fourth-order valence-corrected chi connectivity index (χ4v) is 1.97. The second-order valence-electron chi connectivity index (χ2n) is 4.82. The smallest absolute Gasteiger partial charge is 0.344 e. The van der Waals surface area contributed by atoms with Gasteiger partial charge in [0.15, 0.2) is 12.7 Å². The van der Waals surface area contributed by atoms with E-state index in [0.717, 1.165) is 0 Å². The standard InChI is InChI=1S/C17H15ClFNO4/c1-11(17(22)20-14-8-4-3-7-13(14)19)24-16(21)10-23-15-9-5-2-6-12(15)18/h2-9,11H,10H2,1H3,(H,20,22)/t11-/m1/s1. The lowest BCUT2D eigenvalue weighted by Crippen LogP contribution is -2.32. The summed E-state index contributed by atoms with van der Waals surface area (Å²) in [4.78, 5) is 23.6. The Morgan fingerprint density at radius 1 is 1.17 bits per heavy atom. The van der Waals surface area contributed by atoms with Gasteiger partial charge in [-0.2, -0.15) is 0 Å². The molecule has 0 aromatic heterocycles. The van der Waals surface area contributed by atoms with E-state index in [-0.39, 0.29) is 5.69 Å². The molecular formula is C17H15ClFNO4. The lowest BCUT2D eigenvalue weighted by atomic mass is 10.3. The molecule has 0 spiro atoms. The molecule has 2 aromatic carbocycles. The van der Waals surface area contributed by atoms with Gasteiger partial charge in [-0.05, 0) is 31.2 Å². The van der Waals surface area contributed by atoms with Crippen LogP contribution in [0.2, 0.25) is 5.02 Å². The molecule has 7 heteroatoms. The Kier molecular flexibility index (Phi) is 6.14. The number of nitrogens with one attached hydrogen (secondary N) is 1. The molecular weight excluding hydrogens is 337 g/mol. The Morgan fingerprint density at radius 3 is 2.54 bits per heavy atom. The lowest BCUT2D eigenvalue weighted by molar-refractivity contribution is -0.155. The molecule has 1 N–H and O–H groups in total. The van der Waals surface area contributed by atoms with E-state index in [4.69, 9.17) is 21.1 Å². The molecule has 126 valence electrons. The highest BCUT2D eigenvalue weighted by atomic mass is 35.5. The highest BCUT2D eigenvalue weighted by Gasteiger charge is 2.19. The van der Waals surface area contributed by atoms with Gasteiger partial charge in [0.2, 0.25) is 0 Å². The second kappa shape index (κ2) is 8.31. The zero-order valence-electron chi connectivity index (χ0n) is 12.8. The average Bonchev–Trinajstić information content (AvgIpc) is 2.56. The summed E-state index contributed by atoms with van der Waals surface area (Å²) in [6, 6.07) is 12.3. The van der Waals surface area contributed by atoms with Crippen molar-refractivity contribution < 1.29 is 23.5 Å². The van der Waals surface area contributed by atoms with Crippen molar-refractivity contribution in [2.45, 2.75) is 13.0 Å². The SMILES string of the molecule is C[C@@H](OC(=O)COc1ccccc1Cl)C(=O)Nc1ccccc1F. The molecule has 5 nitrogen and oxygen atoms in total. The van der Waals surface area contributed by atoms with Crippen LogP contribution in [0.1, 0.15) is 6.92 Å². The molecule has 1 amide bonds. The summed E-state index contributed by atoms with van der Waals surface area (Å²) in [5, 5.41) is 2.70. The van der Waals surface area contributed by atoms with Crippen LogP contribution < -0.4 is 10.1 Å². The summed E-state index contributed by atoms with van der Waals surface area (Å²) >= 11 is 5.89. The molecule has 0 aliphatic carbocycles. The molecule has 24 heavy (non-hydrogen) atoms. The zero-order chi connectivity index (χ0) is 17.5. The van der Waals surface area contributed by atoms with Gasteiger partial charge in [0.25, 0.3) is 5.91 Å². The number of carbonyl (C=O) groups excluding carboxylic acids is 2. The van der Waals surface area contributed by atoms with Crippen molar-refractivity contribution in [1.82, 2.24) is 0 Å². The number of carbonyl (C=O) groups is 2. The number of rotatable bonds is 6. The van der Waals surface area contributed by atoms with Gasteiger partial charge in [-0.1, -0.05) is 35.9 Å². The van der Waals surface area contributed by atoms with Crippen LogP contribution in [0.3, 0.4) is 0 Å². The van der Waals surface area contributed by atoms with Crippen molar-refractivity contribution in [2.24, 2.45) is 0 Å². The van der Waals surface area contributed by atoms with Crippen molar-refractivity contribution in [2.75, 3.05) is 11.9 Å². The van der Waals surface area contributed by atoms with E-state index >= 15 is 0 Å². The molecule has 0 aliphatic heterocycles. The minimum absolute atomic E-state index is 0.0118. The van der Waals surface area contributed by atoms with Crippen LogP contribution in [0.4, 0.5) is 10.1 Å². The van der Waals surface area contributed by atoms with Crippen LogP contribution >= 0.6 is 11.6 Å². The molecule has 2 rings (SSSR count). The predicted molar refractivity (Wildman–Crippen MR) is 87.5 cm³/mol. The Morgan fingerprint density at radius 2 is 1.83 bits per heavy atom. The maximum atomic E-state index is 13.5. The van der Waals surface area contributed by atoms with Crippen molar-refractivity contribution >= 4 is 29.2 Å². The van der Waals surface area contributed by atoms with Gasteiger partial charge in [-0.3, -0.25) is 4.79 Å². The minimum atomic E-state index is -1.10. The lowest BCUT2D eigenvalue weighted by Gasteiger charge is -2.14. The Hall–Kier alpha value is -2.60. The first-order valence-corrected chi connectivity index (χ1v) is 7.47. The molecule has 0 fully saturated rings. The molecule has 0 heterocycles. The number of esters is 1. The fraction of sp³-hybridized carbons (Fsp3) is 0.176. The third-order valence-corrected chi connectivity index (χ3v) is 3.30. The number of ether oxygens (including phenoxy) is 2. The Bertz CT molecular complexity index is 738. The quantitative estimate of drug-likeness (QED) is 0.810. The summed E-state index contributed by atoms with van der Waals surface area (Å²) in [6.07, 6.45) is -1.10. The normalized spacial score (nSPS) is 11.5. The summed E-state index contributed by atoms with van der Waals surface area (Å²) < 4.78 is 23.6. The highest BCUT2D eigenvalue weighted by molar-refractivity contribution is 6.32. The molecule has 1 atom stereocenters. The van der Waals surface area contributed by atoms with E-state index in [1.807, 2.05) is 0 Å². The topological polar surface area (TPSA) is 64.6 Å². The van der Waals surface area contributed by atoms with Gasteiger partial charge in [0.05, 0.1) is 10.7 Å². The summed E-state index contributed by atoms with van der Waals surface area (Å²) in [7, 11) is 0. The van der Waals surface area contributed by atoms with Crippen LogP contribution in [0, 0.1) is 5.82 Å². The highest BCUT2D eigenvalue weighted by Crippen LogP contribution is 2.23. The maximum Gasteiger partial charge on any atom is 0.344 e. The number of anilines is 1. The van der Waals surface area contributed by atoms with Crippen LogP contribution in [-0.2, 0) is 14.3 Å². The Balaban J connectivity index is 1.84. The molecule has 0 aliphatic rings. The van der Waals surface area contributed by atoms with E-state index < -0.39 is 30.4 Å². The van der Waals surface area contributed by atoms with Crippen LogP contribution in [0.15, 0.2) is 48.5 Å². The van der Waals surface area contributed by atoms with E-state index in [1.54, 1.807) is 30.3 Å². The zero-order valence-corrected chi connectivity index (χ0v) is 13.5. The van der Waals surface area contributed by atoms with Gasteiger partial charge in [0, 0.05) is 0 Å². The van der Waals surface area contributed by atoms with Gasteiger partial charge < -0.3 is 14.8 Å².